The maximum atomic E-state index is 12.3. The summed E-state index contributed by atoms with van der Waals surface area (Å²) in [4.78, 5) is 14.3. The number of ketones is 1. The number of anilines is 1. The van der Waals surface area contributed by atoms with Crippen molar-refractivity contribution in [1.29, 1.82) is 5.26 Å². The number of para-hydroxylation sites is 1. The van der Waals surface area contributed by atoms with Gasteiger partial charge in [0.1, 0.15) is 11.6 Å². The van der Waals surface area contributed by atoms with Crippen LogP contribution < -0.4 is 4.90 Å². The lowest BCUT2D eigenvalue weighted by Crippen LogP contribution is -2.27. The van der Waals surface area contributed by atoms with Gasteiger partial charge in [-0.3, -0.25) is 4.79 Å². The van der Waals surface area contributed by atoms with E-state index in [0.717, 1.165) is 12.1 Å². The average molecular weight is 268 g/mol. The highest BCUT2D eigenvalue weighted by Crippen LogP contribution is 2.33. The lowest BCUT2D eigenvalue weighted by atomic mass is 9.87. The molecule has 0 aromatic heterocycles. The maximum Gasteiger partial charge on any atom is 0.180 e. The van der Waals surface area contributed by atoms with Crippen molar-refractivity contribution in [2.75, 3.05) is 4.90 Å². The molecule has 1 unspecified atom stereocenters. The molecule has 0 spiro atoms. The van der Waals surface area contributed by atoms with E-state index in [1.165, 1.54) is 5.56 Å². The molecule has 0 aliphatic carbocycles. The number of fused-ring (bicyclic) bond motifs is 1. The fraction of sp³-hybridized carbons (Fsp3) is 0.412. The van der Waals surface area contributed by atoms with Crippen LogP contribution in [0.5, 0.6) is 0 Å². The van der Waals surface area contributed by atoms with Crippen molar-refractivity contribution in [3.8, 4) is 6.07 Å². The number of nitrogens with zero attached hydrogens (tertiary/aromatic N) is 2. The average Bonchev–Trinajstić information content (AvgIpc) is 2.70. The summed E-state index contributed by atoms with van der Waals surface area (Å²) in [5.41, 5.74) is 2.04. The second kappa shape index (κ2) is 5.13. The third-order valence-corrected chi connectivity index (χ3v) is 3.57. The van der Waals surface area contributed by atoms with Gasteiger partial charge in [0.05, 0.1) is 0 Å². The van der Waals surface area contributed by atoms with Crippen LogP contribution in [0.4, 0.5) is 5.69 Å². The van der Waals surface area contributed by atoms with Crippen molar-refractivity contribution in [1.82, 2.24) is 0 Å². The number of carbonyl (C=O) groups excluding carboxylic acids is 1. The lowest BCUT2D eigenvalue weighted by Gasteiger charge is -2.22. The molecule has 1 aliphatic heterocycles. The van der Waals surface area contributed by atoms with Crippen molar-refractivity contribution in [2.45, 2.75) is 40.2 Å². The number of rotatable bonds is 2. The monoisotopic (exact) mass is 268 g/mol. The molecule has 1 heterocycles. The van der Waals surface area contributed by atoms with E-state index in [0.29, 0.717) is 0 Å². The summed E-state index contributed by atoms with van der Waals surface area (Å²) in [6, 6.07) is 10.5. The highest BCUT2D eigenvalue weighted by molar-refractivity contribution is 6.02. The number of benzene rings is 1. The fourth-order valence-corrected chi connectivity index (χ4v) is 2.47. The molecule has 0 bridgehead atoms. The Bertz CT molecular complexity index is 602. The minimum Gasteiger partial charge on any atom is -0.343 e. The zero-order valence-corrected chi connectivity index (χ0v) is 12.5. The van der Waals surface area contributed by atoms with Crippen LogP contribution in [0.15, 0.2) is 36.0 Å². The number of nitriles is 1. The largest absolute Gasteiger partial charge is 0.343 e. The molecular formula is C17H20N2O. The molecule has 1 aromatic carbocycles. The Kier molecular flexibility index (Phi) is 3.67. The van der Waals surface area contributed by atoms with Gasteiger partial charge in [0.25, 0.3) is 0 Å². The van der Waals surface area contributed by atoms with Crippen LogP contribution in [0.1, 0.15) is 33.3 Å². The van der Waals surface area contributed by atoms with Crippen molar-refractivity contribution < 1.29 is 4.79 Å². The molecule has 2 rings (SSSR count). The number of allylic oxidation sites excluding steroid dienone is 1. The Morgan fingerprint density at radius 3 is 2.65 bits per heavy atom. The first-order chi connectivity index (χ1) is 9.34. The molecule has 3 nitrogen and oxygen atoms in total. The van der Waals surface area contributed by atoms with Crippen molar-refractivity contribution >= 4 is 11.5 Å². The maximum absolute atomic E-state index is 12.3. The summed E-state index contributed by atoms with van der Waals surface area (Å²) >= 11 is 0. The predicted octanol–water partition coefficient (Wildman–Crippen LogP) is 3.46. The Morgan fingerprint density at radius 1 is 1.40 bits per heavy atom. The molecule has 3 heteroatoms. The molecule has 0 amide bonds. The topological polar surface area (TPSA) is 44.1 Å². The number of hydrogen-bond acceptors (Lipinski definition) is 3. The first-order valence-corrected chi connectivity index (χ1v) is 6.87. The van der Waals surface area contributed by atoms with E-state index >= 15 is 0 Å². The van der Waals surface area contributed by atoms with E-state index < -0.39 is 5.41 Å². The predicted molar refractivity (Wildman–Crippen MR) is 80.2 cm³/mol. The normalized spacial score (nSPS) is 18.6. The Balaban J connectivity index is 2.39. The molecule has 20 heavy (non-hydrogen) atoms. The van der Waals surface area contributed by atoms with Gasteiger partial charge in [0, 0.05) is 23.3 Å². The Morgan fingerprint density at radius 2 is 2.05 bits per heavy atom. The van der Waals surface area contributed by atoms with Crippen LogP contribution in [-0.4, -0.2) is 11.8 Å². The molecule has 1 aromatic rings. The minimum absolute atomic E-state index is 0.114. The fourth-order valence-electron chi connectivity index (χ4n) is 2.47. The molecule has 1 atom stereocenters. The zero-order valence-electron chi connectivity index (χ0n) is 12.5. The molecule has 0 saturated heterocycles. The minimum atomic E-state index is -0.538. The molecule has 0 N–H and O–H groups in total. The molecule has 0 radical (unpaired) electrons. The smallest absolute Gasteiger partial charge is 0.180 e. The van der Waals surface area contributed by atoms with E-state index in [4.69, 9.17) is 0 Å². The van der Waals surface area contributed by atoms with Gasteiger partial charge in [0.2, 0.25) is 0 Å². The Labute approximate surface area is 120 Å². The molecule has 1 aliphatic rings. The molecule has 0 saturated carbocycles. The van der Waals surface area contributed by atoms with Crippen LogP contribution in [0.3, 0.4) is 0 Å². The molecule has 0 fully saturated rings. The quantitative estimate of drug-likeness (QED) is 0.609. The van der Waals surface area contributed by atoms with Gasteiger partial charge in [-0.2, -0.15) is 5.26 Å². The first kappa shape index (κ1) is 14.3. The van der Waals surface area contributed by atoms with Crippen LogP contribution in [0.25, 0.3) is 0 Å². The van der Waals surface area contributed by atoms with E-state index in [1.807, 2.05) is 43.9 Å². The van der Waals surface area contributed by atoms with E-state index in [9.17, 15) is 10.1 Å². The van der Waals surface area contributed by atoms with E-state index in [1.54, 1.807) is 6.20 Å². The number of hydrogen-bond donors (Lipinski definition) is 0. The third kappa shape index (κ3) is 2.60. The second-order valence-electron chi connectivity index (χ2n) is 6.32. The van der Waals surface area contributed by atoms with Crippen LogP contribution in [0, 0.1) is 16.7 Å². The van der Waals surface area contributed by atoms with Crippen molar-refractivity contribution in [3.05, 3.63) is 41.6 Å². The summed E-state index contributed by atoms with van der Waals surface area (Å²) in [6.07, 6.45) is 2.65. The summed E-state index contributed by atoms with van der Waals surface area (Å²) < 4.78 is 0. The van der Waals surface area contributed by atoms with Gasteiger partial charge in [-0.15, -0.1) is 0 Å². The third-order valence-electron chi connectivity index (χ3n) is 3.57. The summed E-state index contributed by atoms with van der Waals surface area (Å²) in [7, 11) is 0. The highest BCUT2D eigenvalue weighted by atomic mass is 16.1. The van der Waals surface area contributed by atoms with Gasteiger partial charge in [-0.1, -0.05) is 39.0 Å². The van der Waals surface area contributed by atoms with Gasteiger partial charge in [0.15, 0.2) is 5.78 Å². The SMILES string of the molecule is CC1Cc2ccccc2N1/C=C(\C#N)C(=O)C(C)(C)C. The van der Waals surface area contributed by atoms with Gasteiger partial charge in [-0.05, 0) is 25.0 Å². The first-order valence-electron chi connectivity index (χ1n) is 6.87. The Hall–Kier alpha value is -2.08. The van der Waals surface area contributed by atoms with Crippen LogP contribution >= 0.6 is 0 Å². The van der Waals surface area contributed by atoms with Crippen LogP contribution in [-0.2, 0) is 11.2 Å². The van der Waals surface area contributed by atoms with Crippen molar-refractivity contribution in [2.24, 2.45) is 5.41 Å². The zero-order chi connectivity index (χ0) is 14.9. The van der Waals surface area contributed by atoms with Gasteiger partial charge in [-0.25, -0.2) is 0 Å². The highest BCUT2D eigenvalue weighted by Gasteiger charge is 2.29. The molecular weight excluding hydrogens is 248 g/mol. The number of Topliss-reactive ketones (excluding diaryl/α,β-unsaturated/α-hetero) is 1. The van der Waals surface area contributed by atoms with Gasteiger partial charge >= 0.3 is 0 Å². The number of carbonyl (C=O) groups is 1. The lowest BCUT2D eigenvalue weighted by molar-refractivity contribution is -0.122. The summed E-state index contributed by atoms with van der Waals surface area (Å²) in [6.45, 7) is 7.61. The summed E-state index contributed by atoms with van der Waals surface area (Å²) in [5, 5.41) is 9.29. The van der Waals surface area contributed by atoms with E-state index in [-0.39, 0.29) is 17.4 Å². The van der Waals surface area contributed by atoms with E-state index in [2.05, 4.69) is 19.1 Å². The second-order valence-corrected chi connectivity index (χ2v) is 6.32. The summed E-state index contributed by atoms with van der Waals surface area (Å²) in [5.74, 6) is -0.114. The van der Waals surface area contributed by atoms with Gasteiger partial charge < -0.3 is 4.90 Å². The standard InChI is InChI=1S/C17H20N2O/c1-12-9-13-7-5-6-8-15(13)19(12)11-14(10-18)16(20)17(2,3)4/h5-8,11-12H,9H2,1-4H3/b14-11+. The van der Waals surface area contributed by atoms with Crippen LogP contribution in [0.2, 0.25) is 0 Å². The van der Waals surface area contributed by atoms with Crippen molar-refractivity contribution in [3.63, 3.8) is 0 Å². The molecule has 104 valence electrons.